The van der Waals surface area contributed by atoms with Gasteiger partial charge in [-0.1, -0.05) is 18.5 Å². The first-order chi connectivity index (χ1) is 8.36. The van der Waals surface area contributed by atoms with Crippen LogP contribution in [0.2, 0.25) is 5.02 Å². The van der Waals surface area contributed by atoms with Crippen molar-refractivity contribution in [3.8, 4) is 0 Å². The van der Waals surface area contributed by atoms with E-state index < -0.39 is 0 Å². The smallest absolute Gasteiger partial charge is 0.242 e. The Morgan fingerprint density at radius 2 is 2.17 bits per heavy atom. The fourth-order valence-electron chi connectivity index (χ4n) is 2.93. The predicted octanol–water partition coefficient (Wildman–Crippen LogP) is 4.20. The van der Waals surface area contributed by atoms with Gasteiger partial charge in [-0.05, 0) is 49.9 Å². The van der Waals surface area contributed by atoms with Crippen LogP contribution in [0.15, 0.2) is 18.2 Å². The summed E-state index contributed by atoms with van der Waals surface area (Å²) in [5.41, 5.74) is 1.85. The fraction of sp³-hybridized carbons (Fsp3) is 0.500. The summed E-state index contributed by atoms with van der Waals surface area (Å²) >= 11 is 11.8. The van der Waals surface area contributed by atoms with E-state index in [1.807, 2.05) is 23.1 Å². The number of carbonyl (C=O) groups is 1. The largest absolute Gasteiger partial charge is 0.306 e. The molecule has 0 aliphatic carbocycles. The number of benzene rings is 1. The molecule has 98 valence electrons. The van der Waals surface area contributed by atoms with Crippen LogP contribution in [-0.2, 0) is 4.79 Å². The minimum atomic E-state index is -0.216. The molecule has 0 spiro atoms. The van der Waals surface area contributed by atoms with E-state index >= 15 is 0 Å². The second-order valence-corrected chi connectivity index (χ2v) is 6.19. The maximum absolute atomic E-state index is 12.1. The molecule has 1 aliphatic rings. The van der Waals surface area contributed by atoms with E-state index in [1.165, 1.54) is 0 Å². The van der Waals surface area contributed by atoms with Gasteiger partial charge in [0.15, 0.2) is 0 Å². The maximum atomic E-state index is 12.1. The summed E-state index contributed by atoms with van der Waals surface area (Å²) in [7, 11) is 0. The van der Waals surface area contributed by atoms with Gasteiger partial charge in [0.1, 0.15) is 5.88 Å². The number of amides is 1. The number of anilines is 1. The molecule has 1 amide bonds. The minimum Gasteiger partial charge on any atom is -0.306 e. The molecule has 1 aromatic carbocycles. The van der Waals surface area contributed by atoms with Gasteiger partial charge in [0.25, 0.3) is 0 Å². The molecule has 2 nitrogen and oxygen atoms in total. The zero-order valence-electron chi connectivity index (χ0n) is 10.8. The Bertz CT molecular complexity index is 485. The first kappa shape index (κ1) is 13.7. The fourth-order valence-corrected chi connectivity index (χ4v) is 3.23. The molecule has 0 saturated carbocycles. The number of rotatable bonds is 1. The number of alkyl halides is 1. The monoisotopic (exact) mass is 285 g/mol. The minimum absolute atomic E-state index is 0.000122. The Morgan fingerprint density at radius 3 is 2.78 bits per heavy atom. The van der Waals surface area contributed by atoms with Gasteiger partial charge in [0.2, 0.25) is 5.91 Å². The number of hydrogen-bond donors (Lipinski definition) is 0. The van der Waals surface area contributed by atoms with E-state index in [4.69, 9.17) is 23.2 Å². The van der Waals surface area contributed by atoms with E-state index in [0.717, 1.165) is 17.7 Å². The molecule has 1 aromatic rings. The molecule has 0 radical (unpaired) electrons. The molecule has 0 fully saturated rings. The van der Waals surface area contributed by atoms with Crippen LogP contribution in [0, 0.1) is 0 Å². The van der Waals surface area contributed by atoms with Gasteiger partial charge in [-0.25, -0.2) is 0 Å². The zero-order valence-corrected chi connectivity index (χ0v) is 12.3. The maximum Gasteiger partial charge on any atom is 0.242 e. The number of fused-ring (bicyclic) bond motifs is 1. The summed E-state index contributed by atoms with van der Waals surface area (Å²) in [5, 5.41) is 0.707. The van der Waals surface area contributed by atoms with Crippen molar-refractivity contribution in [3.63, 3.8) is 0 Å². The van der Waals surface area contributed by atoms with Crippen LogP contribution in [-0.4, -0.2) is 17.3 Å². The van der Waals surface area contributed by atoms with Gasteiger partial charge >= 0.3 is 0 Å². The van der Waals surface area contributed by atoms with E-state index in [2.05, 4.69) is 20.8 Å². The lowest BCUT2D eigenvalue weighted by Crippen LogP contribution is -2.52. The van der Waals surface area contributed by atoms with Crippen molar-refractivity contribution in [2.75, 3.05) is 10.8 Å². The highest BCUT2D eigenvalue weighted by atomic mass is 35.5. The lowest BCUT2D eigenvalue weighted by molar-refractivity contribution is -0.117. The van der Waals surface area contributed by atoms with Gasteiger partial charge in [-0.2, -0.15) is 0 Å². The molecule has 1 heterocycles. The summed E-state index contributed by atoms with van der Waals surface area (Å²) in [4.78, 5) is 13.9. The normalized spacial score (nSPS) is 21.6. The van der Waals surface area contributed by atoms with Crippen LogP contribution in [0.1, 0.15) is 38.7 Å². The lowest BCUT2D eigenvalue weighted by Gasteiger charge is -2.45. The summed E-state index contributed by atoms with van der Waals surface area (Å²) in [6, 6.07) is 5.69. The summed E-state index contributed by atoms with van der Waals surface area (Å²) < 4.78 is 0. The van der Waals surface area contributed by atoms with Crippen molar-refractivity contribution >= 4 is 34.8 Å². The van der Waals surface area contributed by atoms with Crippen LogP contribution >= 0.6 is 23.2 Å². The SMILES string of the molecule is CC1CC(C)(C)N(C(=O)CCl)c2ccc(Cl)cc21. The van der Waals surface area contributed by atoms with E-state index in [9.17, 15) is 4.79 Å². The molecule has 4 heteroatoms. The topological polar surface area (TPSA) is 20.3 Å². The molecule has 0 saturated heterocycles. The number of nitrogens with zero attached hydrogens (tertiary/aromatic N) is 1. The standard InChI is InChI=1S/C14H17Cl2NO/c1-9-7-14(2,3)17(13(18)8-15)12-5-4-10(16)6-11(9)12/h4-6,9H,7-8H2,1-3H3. The number of carbonyl (C=O) groups excluding carboxylic acids is 1. The highest BCUT2D eigenvalue weighted by Crippen LogP contribution is 2.44. The Hall–Kier alpha value is -0.730. The molecule has 0 bridgehead atoms. The van der Waals surface area contributed by atoms with Gasteiger partial charge in [0, 0.05) is 16.2 Å². The van der Waals surface area contributed by atoms with E-state index in [-0.39, 0.29) is 17.3 Å². The van der Waals surface area contributed by atoms with Gasteiger partial charge < -0.3 is 4.90 Å². The average molecular weight is 286 g/mol. The molecule has 1 unspecified atom stereocenters. The molecular formula is C14H17Cl2NO. The summed E-state index contributed by atoms with van der Waals surface area (Å²) in [6.45, 7) is 6.32. The van der Waals surface area contributed by atoms with Gasteiger partial charge in [-0.3, -0.25) is 4.79 Å². The van der Waals surface area contributed by atoms with Crippen molar-refractivity contribution in [3.05, 3.63) is 28.8 Å². The molecular weight excluding hydrogens is 269 g/mol. The zero-order chi connectivity index (χ0) is 13.5. The Kier molecular flexibility index (Phi) is 3.61. The van der Waals surface area contributed by atoms with Crippen LogP contribution < -0.4 is 4.90 Å². The summed E-state index contributed by atoms with van der Waals surface area (Å²) in [5.74, 6) is 0.324. The highest BCUT2D eigenvalue weighted by molar-refractivity contribution is 6.31. The quantitative estimate of drug-likeness (QED) is 0.709. The van der Waals surface area contributed by atoms with Crippen molar-refractivity contribution < 1.29 is 4.79 Å². The van der Waals surface area contributed by atoms with Gasteiger partial charge in [-0.15, -0.1) is 11.6 Å². The summed E-state index contributed by atoms with van der Waals surface area (Å²) in [6.07, 6.45) is 0.906. The Morgan fingerprint density at radius 1 is 1.50 bits per heavy atom. The third-order valence-electron chi connectivity index (χ3n) is 3.54. The van der Waals surface area contributed by atoms with Crippen molar-refractivity contribution in [1.29, 1.82) is 0 Å². The average Bonchev–Trinajstić information content (AvgIpc) is 2.28. The number of halogens is 2. The molecule has 0 N–H and O–H groups in total. The van der Waals surface area contributed by atoms with Crippen molar-refractivity contribution in [2.24, 2.45) is 0 Å². The Balaban J connectivity index is 2.58. The first-order valence-electron chi connectivity index (χ1n) is 6.05. The lowest BCUT2D eigenvalue weighted by atomic mass is 9.80. The third kappa shape index (κ3) is 2.24. The highest BCUT2D eigenvalue weighted by Gasteiger charge is 2.39. The van der Waals surface area contributed by atoms with Crippen LogP contribution in [0.5, 0.6) is 0 Å². The molecule has 1 aliphatic heterocycles. The molecule has 18 heavy (non-hydrogen) atoms. The van der Waals surface area contributed by atoms with Crippen LogP contribution in [0.4, 0.5) is 5.69 Å². The molecule has 0 aromatic heterocycles. The first-order valence-corrected chi connectivity index (χ1v) is 6.96. The molecule has 1 atom stereocenters. The number of hydrogen-bond acceptors (Lipinski definition) is 1. The predicted molar refractivity (Wildman–Crippen MR) is 76.8 cm³/mol. The Labute approximate surface area is 118 Å². The van der Waals surface area contributed by atoms with Gasteiger partial charge in [0.05, 0.1) is 0 Å². The second-order valence-electron chi connectivity index (χ2n) is 5.48. The second kappa shape index (κ2) is 4.75. The van der Waals surface area contributed by atoms with Crippen molar-refractivity contribution in [2.45, 2.75) is 38.6 Å². The van der Waals surface area contributed by atoms with Crippen LogP contribution in [0.3, 0.4) is 0 Å². The van der Waals surface area contributed by atoms with E-state index in [0.29, 0.717) is 10.9 Å². The van der Waals surface area contributed by atoms with Crippen LogP contribution in [0.25, 0.3) is 0 Å². The van der Waals surface area contributed by atoms with E-state index in [1.54, 1.807) is 0 Å². The molecule has 2 rings (SSSR count). The third-order valence-corrected chi connectivity index (χ3v) is 4.00. The van der Waals surface area contributed by atoms with Crippen molar-refractivity contribution in [1.82, 2.24) is 0 Å².